The van der Waals surface area contributed by atoms with E-state index in [0.29, 0.717) is 42.7 Å². The van der Waals surface area contributed by atoms with E-state index in [-0.39, 0.29) is 17.8 Å². The molecule has 29 heavy (non-hydrogen) atoms. The van der Waals surface area contributed by atoms with Gasteiger partial charge >= 0.3 is 6.03 Å². The van der Waals surface area contributed by atoms with Crippen molar-refractivity contribution in [2.24, 2.45) is 5.92 Å². The lowest BCUT2D eigenvalue weighted by Gasteiger charge is -2.32. The van der Waals surface area contributed by atoms with Crippen LogP contribution in [-0.2, 0) is 11.3 Å². The number of halogens is 2. The maximum Gasteiger partial charge on any atom is 0.321 e. The van der Waals surface area contributed by atoms with Crippen molar-refractivity contribution in [3.05, 3.63) is 64.9 Å². The predicted molar refractivity (Wildman–Crippen MR) is 112 cm³/mol. The highest BCUT2D eigenvalue weighted by atomic mass is 35.5. The number of urea groups is 1. The summed E-state index contributed by atoms with van der Waals surface area (Å²) in [6.45, 7) is 1.76. The molecular formula is C22H25ClFN3O2. The Morgan fingerprint density at radius 3 is 2.72 bits per heavy atom. The van der Waals surface area contributed by atoms with Crippen LogP contribution in [0, 0.1) is 11.7 Å². The van der Waals surface area contributed by atoms with Gasteiger partial charge in [-0.25, -0.2) is 9.18 Å². The van der Waals surface area contributed by atoms with E-state index in [9.17, 15) is 14.0 Å². The largest absolute Gasteiger partial charge is 0.352 e. The average Bonchev–Trinajstić information content (AvgIpc) is 2.72. The summed E-state index contributed by atoms with van der Waals surface area (Å²) < 4.78 is 13.0. The predicted octanol–water partition coefficient (Wildman–Crippen LogP) is 4.82. The van der Waals surface area contributed by atoms with Gasteiger partial charge in [-0.15, -0.1) is 0 Å². The molecule has 0 unspecified atom stereocenters. The van der Waals surface area contributed by atoms with Gasteiger partial charge in [0, 0.05) is 36.8 Å². The number of amides is 3. The van der Waals surface area contributed by atoms with Crippen molar-refractivity contribution in [3.63, 3.8) is 0 Å². The van der Waals surface area contributed by atoms with Crippen molar-refractivity contribution in [2.45, 2.75) is 32.2 Å². The van der Waals surface area contributed by atoms with Crippen LogP contribution in [0.15, 0.2) is 48.5 Å². The Morgan fingerprint density at radius 1 is 1.17 bits per heavy atom. The standard InChI is InChI=1S/C22H25ClFN3O2/c23-18-5-1-3-17(13-18)14-25-21(28)11-6-16-4-2-12-27(15-16)22(29)26-20-9-7-19(24)8-10-20/h1,3,5,7-10,13,16H,2,4,6,11-12,14-15H2,(H,25,28)(H,26,29)/t16-/m1/s1. The van der Waals surface area contributed by atoms with Crippen molar-refractivity contribution < 1.29 is 14.0 Å². The van der Waals surface area contributed by atoms with E-state index in [1.807, 2.05) is 18.2 Å². The van der Waals surface area contributed by atoms with E-state index >= 15 is 0 Å². The van der Waals surface area contributed by atoms with Crippen LogP contribution in [-0.4, -0.2) is 29.9 Å². The topological polar surface area (TPSA) is 61.4 Å². The molecule has 5 nitrogen and oxygen atoms in total. The Balaban J connectivity index is 1.41. The van der Waals surface area contributed by atoms with Crippen LogP contribution in [0.4, 0.5) is 14.9 Å². The fraction of sp³-hybridized carbons (Fsp3) is 0.364. The average molecular weight is 418 g/mol. The van der Waals surface area contributed by atoms with E-state index in [0.717, 1.165) is 24.8 Å². The molecule has 0 radical (unpaired) electrons. The normalized spacial score (nSPS) is 16.3. The molecule has 1 fully saturated rings. The van der Waals surface area contributed by atoms with Crippen LogP contribution >= 0.6 is 11.6 Å². The molecule has 3 rings (SSSR count). The van der Waals surface area contributed by atoms with Crippen molar-refractivity contribution in [1.82, 2.24) is 10.2 Å². The van der Waals surface area contributed by atoms with Gasteiger partial charge in [-0.05, 0) is 67.1 Å². The molecule has 1 atom stereocenters. The summed E-state index contributed by atoms with van der Waals surface area (Å²) in [5, 5.41) is 6.36. The van der Waals surface area contributed by atoms with E-state index in [2.05, 4.69) is 10.6 Å². The quantitative estimate of drug-likeness (QED) is 0.707. The van der Waals surface area contributed by atoms with Gasteiger partial charge in [-0.1, -0.05) is 23.7 Å². The third-order valence-electron chi connectivity index (χ3n) is 5.06. The molecule has 0 spiro atoms. The van der Waals surface area contributed by atoms with E-state index in [4.69, 9.17) is 11.6 Å². The highest BCUT2D eigenvalue weighted by Crippen LogP contribution is 2.22. The minimum atomic E-state index is -0.338. The van der Waals surface area contributed by atoms with E-state index in [1.165, 1.54) is 12.1 Å². The van der Waals surface area contributed by atoms with Gasteiger partial charge in [0.25, 0.3) is 0 Å². The van der Waals surface area contributed by atoms with Gasteiger partial charge in [0.2, 0.25) is 5.91 Å². The first-order valence-electron chi connectivity index (χ1n) is 9.82. The van der Waals surface area contributed by atoms with Crippen LogP contribution < -0.4 is 10.6 Å². The van der Waals surface area contributed by atoms with Crippen LogP contribution in [0.3, 0.4) is 0 Å². The molecule has 3 amide bonds. The SMILES string of the molecule is O=C(CC[C@H]1CCCN(C(=O)Nc2ccc(F)cc2)C1)NCc1cccc(Cl)c1. The number of carbonyl (C=O) groups is 2. The minimum absolute atomic E-state index is 0.00198. The Hall–Kier alpha value is -2.60. The number of piperidine rings is 1. The number of nitrogens with one attached hydrogen (secondary N) is 2. The molecule has 0 saturated carbocycles. The van der Waals surface area contributed by atoms with E-state index < -0.39 is 0 Å². The van der Waals surface area contributed by atoms with Gasteiger partial charge in [0.1, 0.15) is 5.82 Å². The summed E-state index contributed by atoms with van der Waals surface area (Å²) >= 11 is 5.95. The molecule has 1 aliphatic rings. The smallest absolute Gasteiger partial charge is 0.321 e. The molecular weight excluding hydrogens is 393 g/mol. The first-order valence-corrected chi connectivity index (χ1v) is 10.2. The summed E-state index contributed by atoms with van der Waals surface area (Å²) in [7, 11) is 0. The minimum Gasteiger partial charge on any atom is -0.352 e. The van der Waals surface area contributed by atoms with Crippen LogP contribution in [0.25, 0.3) is 0 Å². The molecule has 1 saturated heterocycles. The number of rotatable bonds is 6. The van der Waals surface area contributed by atoms with Gasteiger partial charge in [0.15, 0.2) is 0 Å². The Bertz CT molecular complexity index is 844. The van der Waals surface area contributed by atoms with Crippen molar-refractivity contribution in [1.29, 1.82) is 0 Å². The number of carbonyl (C=O) groups excluding carboxylic acids is 2. The summed E-state index contributed by atoms with van der Waals surface area (Å²) in [5.74, 6) is -0.0489. The lowest BCUT2D eigenvalue weighted by Crippen LogP contribution is -2.42. The molecule has 0 aliphatic carbocycles. The lowest BCUT2D eigenvalue weighted by atomic mass is 9.93. The zero-order valence-electron chi connectivity index (χ0n) is 16.2. The third-order valence-corrected chi connectivity index (χ3v) is 5.30. The van der Waals surface area contributed by atoms with Crippen molar-refractivity contribution in [2.75, 3.05) is 18.4 Å². The molecule has 154 valence electrons. The third kappa shape index (κ3) is 6.75. The summed E-state index contributed by atoms with van der Waals surface area (Å²) in [6.07, 6.45) is 3.08. The summed E-state index contributed by atoms with van der Waals surface area (Å²) in [4.78, 5) is 26.4. The van der Waals surface area contributed by atoms with Gasteiger partial charge in [-0.2, -0.15) is 0 Å². The number of likely N-dealkylation sites (tertiary alicyclic amines) is 1. The van der Waals surface area contributed by atoms with Gasteiger partial charge < -0.3 is 15.5 Å². The first-order chi connectivity index (χ1) is 14.0. The molecule has 0 aromatic heterocycles. The second-order valence-electron chi connectivity index (χ2n) is 7.34. The van der Waals surface area contributed by atoms with E-state index in [1.54, 1.807) is 23.1 Å². The van der Waals surface area contributed by atoms with Crippen LogP contribution in [0.5, 0.6) is 0 Å². The Kier molecular flexibility index (Phi) is 7.47. The molecule has 2 N–H and O–H groups in total. The fourth-order valence-electron chi connectivity index (χ4n) is 3.49. The molecule has 2 aromatic carbocycles. The van der Waals surface area contributed by atoms with Gasteiger partial charge in [-0.3, -0.25) is 4.79 Å². The van der Waals surface area contributed by atoms with Crippen LogP contribution in [0.1, 0.15) is 31.2 Å². The first kappa shape index (κ1) is 21.1. The number of anilines is 1. The number of hydrogen-bond donors (Lipinski definition) is 2. The second kappa shape index (κ2) is 10.3. The zero-order chi connectivity index (χ0) is 20.6. The highest BCUT2D eigenvalue weighted by molar-refractivity contribution is 6.30. The van der Waals surface area contributed by atoms with Gasteiger partial charge in [0.05, 0.1) is 0 Å². The van der Waals surface area contributed by atoms with Crippen molar-refractivity contribution in [3.8, 4) is 0 Å². The van der Waals surface area contributed by atoms with Crippen LogP contribution in [0.2, 0.25) is 5.02 Å². The lowest BCUT2D eigenvalue weighted by molar-refractivity contribution is -0.121. The molecule has 7 heteroatoms. The summed E-state index contributed by atoms with van der Waals surface area (Å²) in [6, 6.07) is 12.9. The molecule has 1 heterocycles. The molecule has 1 aliphatic heterocycles. The maximum atomic E-state index is 13.0. The van der Waals surface area contributed by atoms with Crippen molar-refractivity contribution >= 4 is 29.2 Å². The fourth-order valence-corrected chi connectivity index (χ4v) is 3.70. The number of benzene rings is 2. The maximum absolute atomic E-state index is 13.0. The zero-order valence-corrected chi connectivity index (χ0v) is 16.9. The molecule has 2 aromatic rings. The highest BCUT2D eigenvalue weighted by Gasteiger charge is 2.24. The number of nitrogens with zero attached hydrogens (tertiary/aromatic N) is 1. The second-order valence-corrected chi connectivity index (χ2v) is 7.77. The number of hydrogen-bond acceptors (Lipinski definition) is 2. The summed E-state index contributed by atoms with van der Waals surface area (Å²) in [5.41, 5.74) is 1.53. The monoisotopic (exact) mass is 417 g/mol. The Morgan fingerprint density at radius 2 is 1.97 bits per heavy atom. The Labute approximate surface area is 175 Å². The molecule has 0 bridgehead atoms.